The number of allylic oxidation sites excluding steroid dienone is 5. The van der Waals surface area contributed by atoms with E-state index in [1.54, 1.807) is 17.0 Å². The molecule has 0 amide bonds. The molecule has 232 valence electrons. The summed E-state index contributed by atoms with van der Waals surface area (Å²) in [7, 11) is 0. The van der Waals surface area contributed by atoms with Crippen molar-refractivity contribution < 1.29 is 37.5 Å². The molecule has 2 aliphatic heterocycles. The van der Waals surface area contributed by atoms with Gasteiger partial charge in [0.15, 0.2) is 11.5 Å². The van der Waals surface area contributed by atoms with E-state index in [0.717, 1.165) is 36.3 Å². The zero-order valence-electron chi connectivity index (χ0n) is 25.6. The van der Waals surface area contributed by atoms with Crippen molar-refractivity contribution in [2.75, 3.05) is 18.0 Å². The fraction of sp³-hybridized carbons (Fsp3) is 0.400. The largest absolute Gasteiger partial charge is 0.871 e. The lowest BCUT2D eigenvalue weighted by molar-refractivity contribution is -0.438. The number of unbranched alkanes of at least 4 members (excludes halogenated alkanes) is 1. The maximum atomic E-state index is 13.6. The predicted octanol–water partition coefficient (Wildman–Crippen LogP) is 6.71. The third-order valence-corrected chi connectivity index (χ3v) is 9.06. The maximum Gasteiger partial charge on any atom is 0.389 e. The van der Waals surface area contributed by atoms with Crippen molar-refractivity contribution in [3.63, 3.8) is 0 Å². The van der Waals surface area contributed by atoms with Crippen LogP contribution in [0.1, 0.15) is 81.8 Å². The number of anilines is 1. The highest BCUT2D eigenvalue weighted by atomic mass is 19.4. The summed E-state index contributed by atoms with van der Waals surface area (Å²) in [6, 6.07) is 12.6. The summed E-state index contributed by atoms with van der Waals surface area (Å²) in [6.07, 6.45) is -0.418. The van der Waals surface area contributed by atoms with Crippen molar-refractivity contribution in [2.45, 2.75) is 77.3 Å². The highest BCUT2D eigenvalue weighted by Gasteiger charge is 2.46. The molecule has 0 atom stereocenters. The first kappa shape index (κ1) is 31.3. The molecule has 0 fully saturated rings. The molecule has 44 heavy (non-hydrogen) atoms. The molecule has 0 spiro atoms. The number of aromatic carboxylic acids is 1. The summed E-state index contributed by atoms with van der Waals surface area (Å²) >= 11 is 0. The minimum atomic E-state index is -4.33. The van der Waals surface area contributed by atoms with Gasteiger partial charge < -0.3 is 15.1 Å². The molecular weight excluding hydrogens is 569 g/mol. The number of ketones is 1. The van der Waals surface area contributed by atoms with Crippen molar-refractivity contribution in [1.82, 2.24) is 0 Å². The molecule has 9 heteroatoms. The molecule has 0 saturated carbocycles. The Hall–Kier alpha value is -4.14. The highest BCUT2D eigenvalue weighted by molar-refractivity contribution is 6.24. The number of Topliss-reactive ketones (excluding diaryl/α,β-unsaturated/α-hetero) is 1. The number of alkyl halides is 3. The number of hydrogen-bond donors (Lipinski definition) is 1. The average Bonchev–Trinajstić information content (AvgIpc) is 3.30. The third kappa shape index (κ3) is 5.26. The van der Waals surface area contributed by atoms with E-state index in [1.165, 1.54) is 18.2 Å². The number of rotatable bonds is 9. The van der Waals surface area contributed by atoms with Crippen LogP contribution in [-0.2, 0) is 15.6 Å². The molecule has 0 unspecified atom stereocenters. The van der Waals surface area contributed by atoms with Gasteiger partial charge in [-0.1, -0.05) is 51.2 Å². The SMILES string of the molecule is CCCC[N+]1=C(/C=C2/C(=O)C(/C=C3/N(CCCC(F)(F)F)c4ccc(C(=O)O)cc4C3(C)C)=C2[O-])C(C)(C)c2ccccc21. The van der Waals surface area contributed by atoms with Crippen LogP contribution in [0.2, 0.25) is 0 Å². The molecule has 0 aromatic heterocycles. The van der Waals surface area contributed by atoms with E-state index in [4.69, 9.17) is 0 Å². The zero-order chi connectivity index (χ0) is 32.2. The van der Waals surface area contributed by atoms with Gasteiger partial charge in [0.05, 0.1) is 11.0 Å². The molecule has 3 aliphatic rings. The lowest BCUT2D eigenvalue weighted by atomic mass is 9.77. The lowest BCUT2D eigenvalue weighted by Crippen LogP contribution is -2.35. The number of hydrogen-bond acceptors (Lipinski definition) is 4. The standard InChI is InChI=1S/C35H37F3N2O4/c1-6-7-16-39-26-12-9-8-11-24(26)33(2,3)28(39)19-22-30(41)23(31(22)42)20-29-34(4,5)25-18-21(32(43)44)13-14-27(25)40(29)17-10-15-35(36,37)38/h8-9,11-14,18-20H,6-7,10,15-17H2,1-5H3,(H-,41,42,43,44). The van der Waals surface area contributed by atoms with Crippen molar-refractivity contribution in [3.8, 4) is 0 Å². The summed E-state index contributed by atoms with van der Waals surface area (Å²) in [6.45, 7) is 10.6. The van der Waals surface area contributed by atoms with E-state index in [1.807, 2.05) is 32.0 Å². The summed E-state index contributed by atoms with van der Waals surface area (Å²) in [5.41, 5.74) is 3.52. The smallest absolute Gasteiger partial charge is 0.389 e. The minimum absolute atomic E-state index is 0.0106. The van der Waals surface area contributed by atoms with Gasteiger partial charge in [0.25, 0.3) is 0 Å². The van der Waals surface area contributed by atoms with E-state index in [-0.39, 0.29) is 29.7 Å². The molecule has 0 radical (unpaired) electrons. The Labute approximate surface area is 255 Å². The van der Waals surface area contributed by atoms with Gasteiger partial charge in [-0.05, 0) is 50.1 Å². The Kier molecular flexibility index (Phi) is 7.89. The number of carbonyl (C=O) groups is 2. The van der Waals surface area contributed by atoms with Crippen LogP contribution >= 0.6 is 0 Å². The molecule has 0 bridgehead atoms. The average molecular weight is 607 g/mol. The highest BCUT2D eigenvalue weighted by Crippen LogP contribution is 2.50. The number of nitrogens with zero attached hydrogens (tertiary/aromatic N) is 2. The third-order valence-electron chi connectivity index (χ3n) is 9.06. The lowest BCUT2D eigenvalue weighted by Gasteiger charge is -2.33. The van der Waals surface area contributed by atoms with Gasteiger partial charge in [-0.25, -0.2) is 4.79 Å². The fourth-order valence-electron chi connectivity index (χ4n) is 6.57. The van der Waals surface area contributed by atoms with Crippen LogP contribution in [-0.4, -0.2) is 46.4 Å². The molecule has 6 nitrogen and oxygen atoms in total. The van der Waals surface area contributed by atoms with E-state index in [2.05, 4.69) is 31.4 Å². The molecule has 2 aromatic carbocycles. The van der Waals surface area contributed by atoms with Crippen LogP contribution in [0.15, 0.2) is 77.2 Å². The van der Waals surface area contributed by atoms with E-state index < -0.39 is 40.9 Å². The van der Waals surface area contributed by atoms with Gasteiger partial charge in [0, 0.05) is 65.0 Å². The second kappa shape index (κ2) is 11.1. The number of carboxylic acids is 1. The molecule has 1 N–H and O–H groups in total. The van der Waals surface area contributed by atoms with Crippen LogP contribution in [0, 0.1) is 0 Å². The summed E-state index contributed by atoms with van der Waals surface area (Å²) in [5, 5.41) is 23.1. The van der Waals surface area contributed by atoms with Crippen LogP contribution in [0.3, 0.4) is 0 Å². The van der Waals surface area contributed by atoms with E-state index in [0.29, 0.717) is 16.9 Å². The Morgan fingerprint density at radius 3 is 2.36 bits per heavy atom. The summed E-state index contributed by atoms with van der Waals surface area (Å²) in [5.74, 6) is -1.95. The number of halogens is 3. The van der Waals surface area contributed by atoms with E-state index >= 15 is 0 Å². The number of carboxylic acid groups (broad SMARTS) is 1. The van der Waals surface area contributed by atoms with Gasteiger partial charge >= 0.3 is 12.1 Å². The summed E-state index contributed by atoms with van der Waals surface area (Å²) < 4.78 is 41.3. The Morgan fingerprint density at radius 2 is 1.73 bits per heavy atom. The fourth-order valence-corrected chi connectivity index (χ4v) is 6.57. The minimum Gasteiger partial charge on any atom is -0.871 e. The van der Waals surface area contributed by atoms with Crippen LogP contribution < -0.4 is 10.0 Å². The molecule has 5 rings (SSSR count). The number of fused-ring (bicyclic) bond motifs is 2. The second-order valence-corrected chi connectivity index (χ2v) is 12.7. The first-order valence-corrected chi connectivity index (χ1v) is 15.0. The summed E-state index contributed by atoms with van der Waals surface area (Å²) in [4.78, 5) is 27.0. The first-order valence-electron chi connectivity index (χ1n) is 15.0. The maximum absolute atomic E-state index is 13.6. The van der Waals surface area contributed by atoms with Crippen LogP contribution in [0.25, 0.3) is 0 Å². The molecule has 1 aliphatic carbocycles. The zero-order valence-corrected chi connectivity index (χ0v) is 25.6. The quantitative estimate of drug-likeness (QED) is 0.254. The van der Waals surface area contributed by atoms with Crippen LogP contribution in [0.5, 0.6) is 0 Å². The monoisotopic (exact) mass is 606 g/mol. The normalized spacial score (nSPS) is 20.5. The number of carbonyl (C=O) groups excluding carboxylic acids is 1. The predicted molar refractivity (Wildman–Crippen MR) is 161 cm³/mol. The van der Waals surface area contributed by atoms with Crippen molar-refractivity contribution in [2.24, 2.45) is 0 Å². The molecular formula is C35H37F3N2O4. The molecule has 2 heterocycles. The molecule has 2 aromatic rings. The number of benzene rings is 2. The Balaban J connectivity index is 1.57. The van der Waals surface area contributed by atoms with Gasteiger partial charge in [-0.2, -0.15) is 17.7 Å². The van der Waals surface area contributed by atoms with E-state index in [9.17, 15) is 33.0 Å². The van der Waals surface area contributed by atoms with Gasteiger partial charge in [-0.3, -0.25) is 4.79 Å². The first-order chi connectivity index (χ1) is 20.6. The Bertz CT molecular complexity index is 1670. The van der Waals surface area contributed by atoms with Gasteiger partial charge in [0.1, 0.15) is 6.54 Å². The molecule has 0 saturated heterocycles. The van der Waals surface area contributed by atoms with Crippen molar-refractivity contribution in [1.29, 1.82) is 0 Å². The van der Waals surface area contributed by atoms with Crippen molar-refractivity contribution in [3.05, 3.63) is 93.9 Å². The van der Waals surface area contributed by atoms with Gasteiger partial charge in [0.2, 0.25) is 5.69 Å². The second-order valence-electron chi connectivity index (χ2n) is 12.7. The Morgan fingerprint density at radius 1 is 1.02 bits per heavy atom. The van der Waals surface area contributed by atoms with Crippen LogP contribution in [0.4, 0.5) is 24.5 Å². The van der Waals surface area contributed by atoms with Crippen molar-refractivity contribution >= 4 is 28.8 Å². The topological polar surface area (TPSA) is 83.7 Å². The van der Waals surface area contributed by atoms with Gasteiger partial charge in [-0.15, -0.1) is 0 Å². The number of para-hydroxylation sites is 1.